The molecule has 136 valence electrons. The molecule has 0 aliphatic carbocycles. The summed E-state index contributed by atoms with van der Waals surface area (Å²) in [5.74, 6) is 2.29. The quantitative estimate of drug-likeness (QED) is 0.361. The normalized spacial score (nSPS) is 10.9. The molecule has 1 aromatic heterocycles. The Kier molecular flexibility index (Phi) is 5.32. The van der Waals surface area contributed by atoms with E-state index in [9.17, 15) is 0 Å². The van der Waals surface area contributed by atoms with Gasteiger partial charge in [-0.25, -0.2) is 4.98 Å². The first-order chi connectivity index (χ1) is 13.3. The number of thiazole rings is 1. The molecule has 4 aromatic rings. The summed E-state index contributed by atoms with van der Waals surface area (Å²) in [5.41, 5.74) is 2.13. The van der Waals surface area contributed by atoms with Crippen LogP contribution in [0.4, 0.5) is 0 Å². The zero-order chi connectivity index (χ0) is 18.6. The Balaban J connectivity index is 1.53. The van der Waals surface area contributed by atoms with Crippen molar-refractivity contribution in [2.45, 2.75) is 10.6 Å². The van der Waals surface area contributed by atoms with Crippen molar-refractivity contribution in [3.63, 3.8) is 0 Å². The molecule has 0 amide bonds. The van der Waals surface area contributed by atoms with Gasteiger partial charge in [0.2, 0.25) is 0 Å². The lowest BCUT2D eigenvalue weighted by molar-refractivity contribution is 0.355. The highest BCUT2D eigenvalue weighted by Gasteiger charge is 2.10. The molecule has 5 heteroatoms. The van der Waals surface area contributed by atoms with Crippen molar-refractivity contribution in [2.24, 2.45) is 0 Å². The third-order valence-corrected chi connectivity index (χ3v) is 6.35. The van der Waals surface area contributed by atoms with Crippen LogP contribution in [-0.2, 0) is 5.75 Å². The molecule has 0 N–H and O–H groups in total. The maximum Gasteiger partial charge on any atom is 0.161 e. The predicted molar refractivity (Wildman–Crippen MR) is 114 cm³/mol. The number of ether oxygens (including phenoxy) is 2. The summed E-state index contributed by atoms with van der Waals surface area (Å²) < 4.78 is 10.7. The Morgan fingerprint density at radius 1 is 0.926 bits per heavy atom. The smallest absolute Gasteiger partial charge is 0.161 e. The molecule has 3 aromatic carbocycles. The first kappa shape index (κ1) is 17.9. The fourth-order valence-electron chi connectivity index (χ4n) is 2.95. The van der Waals surface area contributed by atoms with E-state index < -0.39 is 0 Å². The van der Waals surface area contributed by atoms with E-state index >= 15 is 0 Å². The van der Waals surface area contributed by atoms with E-state index in [2.05, 4.69) is 47.8 Å². The van der Waals surface area contributed by atoms with Crippen LogP contribution in [0.5, 0.6) is 11.5 Å². The molecule has 0 saturated carbocycles. The molecule has 0 aliphatic rings. The van der Waals surface area contributed by atoms with Gasteiger partial charge in [0.1, 0.15) is 5.01 Å². The molecule has 1 heterocycles. The van der Waals surface area contributed by atoms with Gasteiger partial charge in [-0.3, -0.25) is 0 Å². The van der Waals surface area contributed by atoms with Gasteiger partial charge in [0.05, 0.1) is 19.9 Å². The minimum absolute atomic E-state index is 0.719. The number of fused-ring (bicyclic) bond motifs is 1. The zero-order valence-electron chi connectivity index (χ0n) is 15.1. The Bertz CT molecular complexity index is 1070. The first-order valence-electron chi connectivity index (χ1n) is 8.56. The maximum atomic E-state index is 5.40. The van der Waals surface area contributed by atoms with E-state index in [-0.39, 0.29) is 0 Å². The fourth-order valence-corrected chi connectivity index (χ4v) is 4.84. The molecular formula is C22H19NO2S2. The molecule has 4 rings (SSSR count). The number of aromatic nitrogens is 1. The van der Waals surface area contributed by atoms with Gasteiger partial charge in [0, 0.05) is 21.6 Å². The van der Waals surface area contributed by atoms with Crippen molar-refractivity contribution >= 4 is 33.9 Å². The maximum absolute atomic E-state index is 5.40. The van der Waals surface area contributed by atoms with Crippen molar-refractivity contribution in [2.75, 3.05) is 14.2 Å². The van der Waals surface area contributed by atoms with E-state index in [1.54, 1.807) is 25.6 Å². The van der Waals surface area contributed by atoms with Crippen molar-refractivity contribution < 1.29 is 9.47 Å². The second-order valence-corrected chi connectivity index (χ2v) is 7.85. The second-order valence-electron chi connectivity index (χ2n) is 5.98. The highest BCUT2D eigenvalue weighted by molar-refractivity contribution is 7.98. The van der Waals surface area contributed by atoms with Crippen LogP contribution in [0.3, 0.4) is 0 Å². The van der Waals surface area contributed by atoms with Gasteiger partial charge in [0.25, 0.3) is 0 Å². The zero-order valence-corrected chi connectivity index (χ0v) is 16.8. The molecule has 27 heavy (non-hydrogen) atoms. The summed E-state index contributed by atoms with van der Waals surface area (Å²) in [6.45, 7) is 0. The average molecular weight is 394 g/mol. The number of hydrogen-bond acceptors (Lipinski definition) is 5. The molecule has 0 spiro atoms. The van der Waals surface area contributed by atoms with Crippen LogP contribution in [0.25, 0.3) is 21.3 Å². The summed E-state index contributed by atoms with van der Waals surface area (Å²) in [4.78, 5) is 6.09. The molecule has 0 radical (unpaired) electrons. The third-order valence-electron chi connectivity index (χ3n) is 4.31. The number of methoxy groups -OCH3 is 2. The van der Waals surface area contributed by atoms with Gasteiger partial charge in [-0.1, -0.05) is 36.4 Å². The van der Waals surface area contributed by atoms with Gasteiger partial charge < -0.3 is 9.47 Å². The van der Waals surface area contributed by atoms with Crippen LogP contribution in [0.2, 0.25) is 0 Å². The summed E-state index contributed by atoms with van der Waals surface area (Å²) in [6, 6.07) is 20.8. The summed E-state index contributed by atoms with van der Waals surface area (Å²) in [7, 11) is 3.29. The molecule has 0 fully saturated rings. The molecule has 0 saturated heterocycles. The largest absolute Gasteiger partial charge is 0.493 e. The minimum Gasteiger partial charge on any atom is -0.493 e. The van der Waals surface area contributed by atoms with Crippen molar-refractivity contribution in [3.8, 4) is 22.1 Å². The number of thioether (sulfide) groups is 1. The van der Waals surface area contributed by atoms with Gasteiger partial charge in [-0.2, -0.15) is 0 Å². The van der Waals surface area contributed by atoms with E-state index in [4.69, 9.17) is 14.5 Å². The molecule has 3 nitrogen and oxygen atoms in total. The SMILES string of the molecule is COc1ccc(-c2nc(CSc3cccc4ccccc34)cs2)cc1OC. The van der Waals surface area contributed by atoms with Gasteiger partial charge in [0.15, 0.2) is 11.5 Å². The Morgan fingerprint density at radius 3 is 2.59 bits per heavy atom. The van der Waals surface area contributed by atoms with Crippen molar-refractivity contribution in [3.05, 3.63) is 71.7 Å². The lowest BCUT2D eigenvalue weighted by atomic mass is 10.1. The molecule has 0 bridgehead atoms. The van der Waals surface area contributed by atoms with Gasteiger partial charge >= 0.3 is 0 Å². The van der Waals surface area contributed by atoms with E-state index in [1.807, 2.05) is 30.0 Å². The van der Waals surface area contributed by atoms with Crippen LogP contribution >= 0.6 is 23.1 Å². The lowest BCUT2D eigenvalue weighted by Crippen LogP contribution is -1.90. The van der Waals surface area contributed by atoms with E-state index in [0.29, 0.717) is 0 Å². The highest BCUT2D eigenvalue weighted by Crippen LogP contribution is 2.35. The standard InChI is InChI=1S/C22H19NO2S2/c1-24-19-11-10-16(12-20(19)25-2)22-23-17(14-27-22)13-26-21-9-5-7-15-6-3-4-8-18(15)21/h3-12,14H,13H2,1-2H3. The molecule has 0 aliphatic heterocycles. The van der Waals surface area contributed by atoms with Crippen LogP contribution in [0, 0.1) is 0 Å². The Labute approximate surface area is 167 Å². The lowest BCUT2D eigenvalue weighted by Gasteiger charge is -2.08. The Hall–Kier alpha value is -2.50. The van der Waals surface area contributed by atoms with Gasteiger partial charge in [-0.05, 0) is 35.0 Å². The fraction of sp³-hybridized carbons (Fsp3) is 0.136. The summed E-state index contributed by atoms with van der Waals surface area (Å²) >= 11 is 3.48. The average Bonchev–Trinajstić information content (AvgIpc) is 3.20. The number of hydrogen-bond donors (Lipinski definition) is 0. The topological polar surface area (TPSA) is 31.4 Å². The van der Waals surface area contributed by atoms with Crippen LogP contribution in [-0.4, -0.2) is 19.2 Å². The summed E-state index contributed by atoms with van der Waals surface area (Å²) in [5, 5.41) is 5.68. The van der Waals surface area contributed by atoms with Crippen molar-refractivity contribution in [1.82, 2.24) is 4.98 Å². The molecule has 0 unspecified atom stereocenters. The predicted octanol–water partition coefficient (Wildman–Crippen LogP) is 6.27. The monoisotopic (exact) mass is 393 g/mol. The highest BCUT2D eigenvalue weighted by atomic mass is 32.2. The van der Waals surface area contributed by atoms with Crippen LogP contribution in [0.1, 0.15) is 5.69 Å². The first-order valence-corrected chi connectivity index (χ1v) is 10.4. The minimum atomic E-state index is 0.719. The third kappa shape index (κ3) is 3.80. The Morgan fingerprint density at radius 2 is 1.74 bits per heavy atom. The number of benzene rings is 3. The van der Waals surface area contributed by atoms with Crippen molar-refractivity contribution in [1.29, 1.82) is 0 Å². The second kappa shape index (κ2) is 8.03. The van der Waals surface area contributed by atoms with E-state index in [0.717, 1.165) is 33.5 Å². The number of nitrogens with zero attached hydrogens (tertiary/aromatic N) is 1. The molecule has 0 atom stereocenters. The van der Waals surface area contributed by atoms with Crippen LogP contribution < -0.4 is 9.47 Å². The van der Waals surface area contributed by atoms with Crippen LogP contribution in [0.15, 0.2) is 70.9 Å². The number of rotatable bonds is 6. The van der Waals surface area contributed by atoms with E-state index in [1.165, 1.54) is 15.7 Å². The summed E-state index contributed by atoms with van der Waals surface area (Å²) in [6.07, 6.45) is 0. The molecular weight excluding hydrogens is 374 g/mol. The van der Waals surface area contributed by atoms with Gasteiger partial charge in [-0.15, -0.1) is 23.1 Å².